The van der Waals surface area contributed by atoms with E-state index in [2.05, 4.69) is 14.8 Å². The number of ether oxygens (including phenoxy) is 1. The second-order valence-electron chi connectivity index (χ2n) is 3.40. The largest absolute Gasteiger partial charge is 0.467 e. The monoisotopic (exact) mass is 214 g/mol. The summed E-state index contributed by atoms with van der Waals surface area (Å²) in [6.07, 6.45) is -0.00218. The van der Waals surface area contributed by atoms with Crippen LogP contribution in [-0.2, 0) is 9.53 Å². The molecule has 7 nitrogen and oxygen atoms in total. The van der Waals surface area contributed by atoms with Gasteiger partial charge >= 0.3 is 0 Å². The Hall–Kier alpha value is -1.30. The maximum absolute atomic E-state index is 9.90. The molecule has 1 fully saturated rings. The van der Waals surface area contributed by atoms with Crippen molar-refractivity contribution in [2.24, 2.45) is 5.11 Å². The van der Waals surface area contributed by atoms with E-state index in [1.54, 1.807) is 0 Å². The molecule has 0 aromatic carbocycles. The molecule has 0 saturated carbocycles. The molecule has 1 saturated heterocycles. The molecular formula is C8H14N4O3. The number of rotatable bonds is 5. The highest BCUT2D eigenvalue weighted by Gasteiger charge is 2.26. The van der Waals surface area contributed by atoms with Crippen LogP contribution in [0.3, 0.4) is 0 Å². The first-order valence-corrected chi connectivity index (χ1v) is 4.77. The van der Waals surface area contributed by atoms with Crippen molar-refractivity contribution in [2.75, 3.05) is 26.2 Å². The summed E-state index contributed by atoms with van der Waals surface area (Å²) in [5.41, 5.74) is 8.25. The van der Waals surface area contributed by atoms with E-state index in [0.717, 1.165) is 6.54 Å². The number of azide groups is 1. The van der Waals surface area contributed by atoms with E-state index >= 15 is 0 Å². The van der Waals surface area contributed by atoms with E-state index in [0.29, 0.717) is 32.6 Å². The third-order valence-corrected chi connectivity index (χ3v) is 2.42. The van der Waals surface area contributed by atoms with Crippen molar-refractivity contribution in [3.8, 4) is 0 Å². The number of piperidine rings is 1. The molecule has 1 N–H and O–H groups in total. The molecule has 0 amide bonds. The minimum absolute atomic E-state index is 0.322. The van der Waals surface area contributed by atoms with Crippen LogP contribution < -0.4 is 0 Å². The molecule has 1 heterocycles. The Labute approximate surface area is 87.3 Å². The summed E-state index contributed by atoms with van der Waals surface area (Å²) < 4.78 is 4.56. The number of aliphatic hydroxyl groups excluding tert-OH is 1. The summed E-state index contributed by atoms with van der Waals surface area (Å²) in [6, 6.07) is -0.335. The van der Waals surface area contributed by atoms with Crippen molar-refractivity contribution >= 4 is 6.47 Å². The van der Waals surface area contributed by atoms with Gasteiger partial charge < -0.3 is 9.84 Å². The lowest BCUT2D eigenvalue weighted by Crippen LogP contribution is -2.46. The molecule has 2 atom stereocenters. The van der Waals surface area contributed by atoms with Crippen LogP contribution >= 0.6 is 0 Å². The number of aliphatic hydroxyl groups is 1. The molecule has 0 radical (unpaired) electrons. The maximum Gasteiger partial charge on any atom is 0.293 e. The van der Waals surface area contributed by atoms with Gasteiger partial charge in [0.25, 0.3) is 6.47 Å². The minimum Gasteiger partial charge on any atom is -0.467 e. The van der Waals surface area contributed by atoms with Gasteiger partial charge in [-0.25, -0.2) is 0 Å². The standard InChI is InChI=1S/C8H14N4O3/c9-11-10-7-1-2-12(5-8(7)14)3-4-15-6-13/h6-8,14H,1-5H2. The third-order valence-electron chi connectivity index (χ3n) is 2.42. The van der Waals surface area contributed by atoms with Crippen LogP contribution in [0, 0.1) is 0 Å². The minimum atomic E-state index is -0.633. The summed E-state index contributed by atoms with van der Waals surface area (Å²) in [4.78, 5) is 14.6. The van der Waals surface area contributed by atoms with E-state index in [1.165, 1.54) is 0 Å². The van der Waals surface area contributed by atoms with Gasteiger partial charge in [0.05, 0.1) is 12.1 Å². The van der Waals surface area contributed by atoms with Crippen LogP contribution in [0.15, 0.2) is 5.11 Å². The maximum atomic E-state index is 9.90. The average molecular weight is 214 g/mol. The van der Waals surface area contributed by atoms with Gasteiger partial charge in [0, 0.05) is 18.0 Å². The predicted octanol–water partition coefficient (Wildman–Crippen LogP) is -0.0951. The molecule has 0 aromatic heterocycles. The lowest BCUT2D eigenvalue weighted by atomic mass is 10.0. The SMILES string of the molecule is [N-]=[N+]=NC1CCN(CCOC=O)CC1O. The highest BCUT2D eigenvalue weighted by molar-refractivity contribution is 5.36. The number of likely N-dealkylation sites (tertiary alicyclic amines) is 1. The van der Waals surface area contributed by atoms with E-state index in [-0.39, 0.29) is 6.04 Å². The number of β-amino-alcohol motifs (C(OH)–C–C–N with tert-alkyl or cyclic N) is 1. The van der Waals surface area contributed by atoms with Crippen molar-refractivity contribution in [2.45, 2.75) is 18.6 Å². The Bertz CT molecular complexity index is 254. The molecule has 0 spiro atoms. The Morgan fingerprint density at radius 3 is 3.13 bits per heavy atom. The normalized spacial score (nSPS) is 26.7. The smallest absolute Gasteiger partial charge is 0.293 e. The molecular weight excluding hydrogens is 200 g/mol. The van der Waals surface area contributed by atoms with Crippen molar-refractivity contribution in [1.82, 2.24) is 4.90 Å². The molecule has 0 aliphatic carbocycles. The number of carbonyl (C=O) groups is 1. The van der Waals surface area contributed by atoms with Crippen LogP contribution in [-0.4, -0.2) is 54.9 Å². The molecule has 15 heavy (non-hydrogen) atoms. The van der Waals surface area contributed by atoms with Gasteiger partial charge in [-0.1, -0.05) is 5.11 Å². The van der Waals surface area contributed by atoms with Crippen LogP contribution in [0.5, 0.6) is 0 Å². The lowest BCUT2D eigenvalue weighted by molar-refractivity contribution is -0.129. The molecule has 2 unspecified atom stereocenters. The van der Waals surface area contributed by atoms with Crippen LogP contribution in [0.25, 0.3) is 10.4 Å². The van der Waals surface area contributed by atoms with E-state index < -0.39 is 6.10 Å². The summed E-state index contributed by atoms with van der Waals surface area (Å²) in [6.45, 7) is 2.51. The van der Waals surface area contributed by atoms with Gasteiger partial charge in [-0.15, -0.1) is 0 Å². The first kappa shape index (κ1) is 11.8. The Morgan fingerprint density at radius 2 is 2.53 bits per heavy atom. The number of hydrogen-bond acceptors (Lipinski definition) is 5. The number of hydrogen-bond donors (Lipinski definition) is 1. The zero-order valence-corrected chi connectivity index (χ0v) is 8.32. The fourth-order valence-electron chi connectivity index (χ4n) is 1.62. The molecule has 7 heteroatoms. The molecule has 1 aliphatic heterocycles. The van der Waals surface area contributed by atoms with E-state index in [9.17, 15) is 9.90 Å². The van der Waals surface area contributed by atoms with Gasteiger partial charge in [0.2, 0.25) is 0 Å². The topological polar surface area (TPSA) is 98.5 Å². The molecule has 1 aliphatic rings. The highest BCUT2D eigenvalue weighted by atomic mass is 16.5. The fraction of sp³-hybridized carbons (Fsp3) is 0.875. The first-order valence-electron chi connectivity index (χ1n) is 4.77. The molecule has 0 bridgehead atoms. The number of nitrogens with zero attached hydrogens (tertiary/aromatic N) is 4. The lowest BCUT2D eigenvalue weighted by Gasteiger charge is -2.33. The van der Waals surface area contributed by atoms with Gasteiger partial charge in [0.15, 0.2) is 0 Å². The summed E-state index contributed by atoms with van der Waals surface area (Å²) >= 11 is 0. The fourth-order valence-corrected chi connectivity index (χ4v) is 1.62. The predicted molar refractivity (Wildman–Crippen MR) is 52.0 cm³/mol. The quantitative estimate of drug-likeness (QED) is 0.227. The molecule has 1 rings (SSSR count). The zero-order chi connectivity index (χ0) is 11.1. The first-order chi connectivity index (χ1) is 7.27. The van der Waals surface area contributed by atoms with Crippen molar-refractivity contribution in [1.29, 1.82) is 0 Å². The Morgan fingerprint density at radius 1 is 1.73 bits per heavy atom. The van der Waals surface area contributed by atoms with Crippen molar-refractivity contribution < 1.29 is 14.6 Å². The molecule has 84 valence electrons. The van der Waals surface area contributed by atoms with Crippen LogP contribution in [0.4, 0.5) is 0 Å². The van der Waals surface area contributed by atoms with Crippen molar-refractivity contribution in [3.05, 3.63) is 10.4 Å². The summed E-state index contributed by atoms with van der Waals surface area (Å²) in [5, 5.41) is 13.1. The second-order valence-corrected chi connectivity index (χ2v) is 3.40. The van der Waals surface area contributed by atoms with Gasteiger partial charge in [-0.05, 0) is 18.5 Å². The second kappa shape index (κ2) is 6.23. The third kappa shape index (κ3) is 3.75. The highest BCUT2D eigenvalue weighted by Crippen LogP contribution is 2.14. The van der Waals surface area contributed by atoms with Crippen LogP contribution in [0.1, 0.15) is 6.42 Å². The van der Waals surface area contributed by atoms with Gasteiger partial charge in [-0.3, -0.25) is 9.69 Å². The zero-order valence-electron chi connectivity index (χ0n) is 8.32. The van der Waals surface area contributed by atoms with Crippen molar-refractivity contribution in [3.63, 3.8) is 0 Å². The Balaban J connectivity index is 2.30. The Kier molecular flexibility index (Phi) is 4.89. The van der Waals surface area contributed by atoms with Gasteiger partial charge in [-0.2, -0.15) is 0 Å². The van der Waals surface area contributed by atoms with E-state index in [1.807, 2.05) is 4.90 Å². The number of carbonyl (C=O) groups excluding carboxylic acids is 1. The summed E-state index contributed by atoms with van der Waals surface area (Å²) in [5.74, 6) is 0. The van der Waals surface area contributed by atoms with Crippen LogP contribution in [0.2, 0.25) is 0 Å². The van der Waals surface area contributed by atoms with E-state index in [4.69, 9.17) is 5.53 Å². The average Bonchev–Trinajstić information content (AvgIpc) is 2.23. The molecule has 0 aromatic rings. The van der Waals surface area contributed by atoms with Gasteiger partial charge in [0.1, 0.15) is 6.61 Å². The summed E-state index contributed by atoms with van der Waals surface area (Å²) in [7, 11) is 0.